The normalized spacial score (nSPS) is 11.1. The van der Waals surface area contributed by atoms with Crippen molar-refractivity contribution < 1.29 is 4.74 Å². The topological polar surface area (TPSA) is 53.1 Å². The molecule has 0 aliphatic carbocycles. The van der Waals surface area contributed by atoms with Crippen molar-refractivity contribution in [1.82, 2.24) is 9.55 Å². The van der Waals surface area contributed by atoms with Crippen LogP contribution in [0.1, 0.15) is 26.6 Å². The number of nitrogens with zero attached hydrogens (tertiary/aromatic N) is 2. The minimum absolute atomic E-state index is 0.518. The average molecular weight is 352 g/mol. The quantitative estimate of drug-likeness (QED) is 0.881. The maximum Gasteiger partial charge on any atom is 0.131 e. The standard InChI is InChI=1S/C16H22BrN3O/c1-5-14-19-15(16(18)20(14)9-10(2)3)12-8-11(17)6-7-13(12)21-4/h6-8,10H,5,9,18H2,1-4H3. The van der Waals surface area contributed by atoms with E-state index in [9.17, 15) is 0 Å². The number of rotatable bonds is 5. The molecule has 114 valence electrons. The van der Waals surface area contributed by atoms with E-state index in [2.05, 4.69) is 41.3 Å². The molecule has 0 saturated carbocycles. The minimum atomic E-state index is 0.518. The lowest BCUT2D eigenvalue weighted by Crippen LogP contribution is -2.11. The van der Waals surface area contributed by atoms with Gasteiger partial charge in [0, 0.05) is 23.0 Å². The maximum absolute atomic E-state index is 6.36. The van der Waals surface area contributed by atoms with Gasteiger partial charge in [0.25, 0.3) is 0 Å². The van der Waals surface area contributed by atoms with Gasteiger partial charge < -0.3 is 15.0 Å². The van der Waals surface area contributed by atoms with E-state index >= 15 is 0 Å². The van der Waals surface area contributed by atoms with E-state index < -0.39 is 0 Å². The summed E-state index contributed by atoms with van der Waals surface area (Å²) in [7, 11) is 1.66. The van der Waals surface area contributed by atoms with E-state index in [1.54, 1.807) is 7.11 Å². The third-order valence-corrected chi connectivity index (χ3v) is 3.86. The highest BCUT2D eigenvalue weighted by molar-refractivity contribution is 9.10. The molecule has 0 aliphatic rings. The molecule has 2 N–H and O–H groups in total. The van der Waals surface area contributed by atoms with Gasteiger partial charge >= 0.3 is 0 Å². The Morgan fingerprint density at radius 3 is 2.67 bits per heavy atom. The SMILES string of the molecule is CCc1nc(-c2cc(Br)ccc2OC)c(N)n1CC(C)C. The molecule has 5 heteroatoms. The zero-order valence-corrected chi connectivity index (χ0v) is 14.6. The molecule has 4 nitrogen and oxygen atoms in total. The highest BCUT2D eigenvalue weighted by atomic mass is 79.9. The Morgan fingerprint density at radius 1 is 1.38 bits per heavy atom. The summed E-state index contributed by atoms with van der Waals surface area (Å²) in [5.74, 6) is 3.01. The summed E-state index contributed by atoms with van der Waals surface area (Å²) >= 11 is 3.50. The third-order valence-electron chi connectivity index (χ3n) is 3.37. The van der Waals surface area contributed by atoms with Crippen LogP contribution in [0.3, 0.4) is 0 Å². The Morgan fingerprint density at radius 2 is 2.10 bits per heavy atom. The molecule has 0 bridgehead atoms. The molecule has 2 rings (SSSR count). The number of nitrogens with two attached hydrogens (primary N) is 1. The van der Waals surface area contributed by atoms with Gasteiger partial charge in [0.2, 0.25) is 0 Å². The molecule has 2 aromatic rings. The molecule has 0 saturated heterocycles. The van der Waals surface area contributed by atoms with Crippen molar-refractivity contribution in [2.24, 2.45) is 5.92 Å². The van der Waals surface area contributed by atoms with E-state index in [1.165, 1.54) is 0 Å². The first-order valence-electron chi connectivity index (χ1n) is 7.16. The maximum atomic E-state index is 6.36. The molecule has 1 heterocycles. The first-order chi connectivity index (χ1) is 9.97. The third kappa shape index (κ3) is 3.23. The molecule has 0 fully saturated rings. The number of hydrogen-bond donors (Lipinski definition) is 1. The fraction of sp³-hybridized carbons (Fsp3) is 0.438. The summed E-state index contributed by atoms with van der Waals surface area (Å²) in [6.45, 7) is 7.33. The number of methoxy groups -OCH3 is 1. The highest BCUT2D eigenvalue weighted by Gasteiger charge is 2.19. The molecular weight excluding hydrogens is 330 g/mol. The van der Waals surface area contributed by atoms with E-state index in [0.29, 0.717) is 11.7 Å². The first-order valence-corrected chi connectivity index (χ1v) is 7.96. The second-order valence-electron chi connectivity index (χ2n) is 5.46. The van der Waals surface area contributed by atoms with Crippen molar-refractivity contribution in [3.63, 3.8) is 0 Å². The Hall–Kier alpha value is -1.49. The minimum Gasteiger partial charge on any atom is -0.496 e. The van der Waals surface area contributed by atoms with Gasteiger partial charge in [-0.2, -0.15) is 0 Å². The molecule has 0 unspecified atom stereocenters. The van der Waals surface area contributed by atoms with Crippen molar-refractivity contribution in [3.05, 3.63) is 28.5 Å². The second kappa shape index (κ2) is 6.52. The molecule has 1 aromatic carbocycles. The summed E-state index contributed by atoms with van der Waals surface area (Å²) in [5, 5.41) is 0. The zero-order valence-electron chi connectivity index (χ0n) is 13.0. The van der Waals surface area contributed by atoms with Gasteiger partial charge in [0.05, 0.1) is 7.11 Å². The van der Waals surface area contributed by atoms with Crippen LogP contribution in [0.2, 0.25) is 0 Å². The highest BCUT2D eigenvalue weighted by Crippen LogP contribution is 2.36. The lowest BCUT2D eigenvalue weighted by molar-refractivity contribution is 0.416. The average Bonchev–Trinajstić information content (AvgIpc) is 2.75. The first kappa shape index (κ1) is 15.9. The largest absolute Gasteiger partial charge is 0.496 e. The van der Waals surface area contributed by atoms with Gasteiger partial charge in [-0.1, -0.05) is 36.7 Å². The van der Waals surface area contributed by atoms with Crippen molar-refractivity contribution in [2.75, 3.05) is 12.8 Å². The van der Waals surface area contributed by atoms with Crippen LogP contribution in [-0.4, -0.2) is 16.7 Å². The zero-order chi connectivity index (χ0) is 15.6. The van der Waals surface area contributed by atoms with Crippen LogP contribution < -0.4 is 10.5 Å². The summed E-state index contributed by atoms with van der Waals surface area (Å²) in [6.07, 6.45) is 0.854. The predicted octanol–water partition coefficient (Wildman–Crippen LogP) is 4.12. The molecule has 0 aliphatic heterocycles. The molecule has 0 radical (unpaired) electrons. The Bertz CT molecular complexity index is 635. The lowest BCUT2D eigenvalue weighted by atomic mass is 10.1. The van der Waals surface area contributed by atoms with Crippen LogP contribution in [0.25, 0.3) is 11.3 Å². The van der Waals surface area contributed by atoms with Crippen LogP contribution >= 0.6 is 15.9 Å². The lowest BCUT2D eigenvalue weighted by Gasteiger charge is -2.12. The number of aryl methyl sites for hydroxylation is 1. The number of benzene rings is 1. The van der Waals surface area contributed by atoms with Crippen LogP contribution in [0.5, 0.6) is 5.75 Å². The number of halogens is 1. The van der Waals surface area contributed by atoms with Gasteiger partial charge in [-0.15, -0.1) is 0 Å². The molecular formula is C16H22BrN3O. The number of ether oxygens (including phenoxy) is 1. The molecule has 21 heavy (non-hydrogen) atoms. The summed E-state index contributed by atoms with van der Waals surface area (Å²) < 4.78 is 8.54. The Kier molecular flexibility index (Phi) is 4.93. The molecule has 0 spiro atoms. The van der Waals surface area contributed by atoms with Crippen LogP contribution in [-0.2, 0) is 13.0 Å². The fourth-order valence-electron chi connectivity index (χ4n) is 2.42. The Balaban J connectivity index is 2.59. The predicted molar refractivity (Wildman–Crippen MR) is 90.5 cm³/mol. The van der Waals surface area contributed by atoms with E-state index in [0.717, 1.165) is 40.3 Å². The van der Waals surface area contributed by atoms with Gasteiger partial charge in [0.15, 0.2) is 0 Å². The van der Waals surface area contributed by atoms with Crippen molar-refractivity contribution in [1.29, 1.82) is 0 Å². The van der Waals surface area contributed by atoms with E-state index in [1.807, 2.05) is 18.2 Å². The van der Waals surface area contributed by atoms with Gasteiger partial charge in [-0.3, -0.25) is 0 Å². The number of nitrogen functional groups attached to an aromatic ring is 1. The van der Waals surface area contributed by atoms with E-state index in [4.69, 9.17) is 15.5 Å². The van der Waals surface area contributed by atoms with Gasteiger partial charge in [0.1, 0.15) is 23.1 Å². The Labute approximate surface area is 134 Å². The van der Waals surface area contributed by atoms with Crippen LogP contribution in [0.15, 0.2) is 22.7 Å². The molecule has 0 atom stereocenters. The molecule has 0 amide bonds. The van der Waals surface area contributed by atoms with Gasteiger partial charge in [-0.05, 0) is 24.1 Å². The number of imidazole rings is 1. The fourth-order valence-corrected chi connectivity index (χ4v) is 2.78. The summed E-state index contributed by atoms with van der Waals surface area (Å²) in [5.41, 5.74) is 8.08. The molecule has 1 aromatic heterocycles. The van der Waals surface area contributed by atoms with Crippen molar-refractivity contribution in [3.8, 4) is 17.0 Å². The monoisotopic (exact) mass is 351 g/mol. The van der Waals surface area contributed by atoms with Crippen LogP contribution in [0, 0.1) is 5.92 Å². The van der Waals surface area contributed by atoms with Gasteiger partial charge in [-0.25, -0.2) is 4.98 Å². The number of anilines is 1. The van der Waals surface area contributed by atoms with Crippen molar-refractivity contribution in [2.45, 2.75) is 33.7 Å². The smallest absolute Gasteiger partial charge is 0.131 e. The van der Waals surface area contributed by atoms with Crippen LogP contribution in [0.4, 0.5) is 5.82 Å². The van der Waals surface area contributed by atoms with E-state index in [-0.39, 0.29) is 0 Å². The summed E-state index contributed by atoms with van der Waals surface area (Å²) in [6, 6.07) is 5.87. The number of hydrogen-bond acceptors (Lipinski definition) is 3. The van der Waals surface area contributed by atoms with Crippen molar-refractivity contribution >= 4 is 21.7 Å². The number of aromatic nitrogens is 2. The second-order valence-corrected chi connectivity index (χ2v) is 6.38. The summed E-state index contributed by atoms with van der Waals surface area (Å²) in [4.78, 5) is 4.74.